The summed E-state index contributed by atoms with van der Waals surface area (Å²) in [5.41, 5.74) is 2.65. The summed E-state index contributed by atoms with van der Waals surface area (Å²) in [6.07, 6.45) is 2.50. The second-order valence-electron chi connectivity index (χ2n) is 8.90. The maximum atomic E-state index is 13.6. The standard InChI is InChI=1S/C26H29F3N4/c1-17(2)21-10-6-7-11-23(21)32-24-22(26(27,28)29)16-30-25(33-24)31-20-14-12-19(13-15-20)18-8-4-3-5-9-18/h6-7,10-18H,3-5,8-9H2,1-2H3,(H2,30,31,32,33). The van der Waals surface area contributed by atoms with E-state index in [-0.39, 0.29) is 17.7 Å². The van der Waals surface area contributed by atoms with Gasteiger partial charge in [-0.05, 0) is 54.0 Å². The lowest BCUT2D eigenvalue weighted by Crippen LogP contribution is -2.13. The molecule has 2 aromatic carbocycles. The van der Waals surface area contributed by atoms with E-state index in [1.165, 1.54) is 37.7 Å². The van der Waals surface area contributed by atoms with Crippen LogP contribution >= 0.6 is 0 Å². The Morgan fingerprint density at radius 2 is 1.61 bits per heavy atom. The van der Waals surface area contributed by atoms with Crippen molar-refractivity contribution in [2.45, 2.75) is 64.0 Å². The minimum absolute atomic E-state index is 0.109. The molecule has 0 radical (unpaired) electrons. The van der Waals surface area contributed by atoms with Crippen molar-refractivity contribution in [2.24, 2.45) is 0 Å². The van der Waals surface area contributed by atoms with Crippen LogP contribution in [0.1, 0.15) is 74.5 Å². The number of rotatable bonds is 6. The Morgan fingerprint density at radius 1 is 0.909 bits per heavy atom. The summed E-state index contributed by atoms with van der Waals surface area (Å²) in [6, 6.07) is 15.4. The Hall–Kier alpha value is -3.09. The van der Waals surface area contributed by atoms with Gasteiger partial charge >= 0.3 is 6.18 Å². The summed E-state index contributed by atoms with van der Waals surface area (Å²) in [7, 11) is 0. The SMILES string of the molecule is CC(C)c1ccccc1Nc1nc(Nc2ccc(C3CCCCC3)cc2)ncc1C(F)(F)F. The lowest BCUT2D eigenvalue weighted by Gasteiger charge is -2.22. The number of halogens is 3. The Labute approximate surface area is 192 Å². The van der Waals surface area contributed by atoms with Crippen LogP contribution in [-0.4, -0.2) is 9.97 Å². The molecule has 4 nitrogen and oxygen atoms in total. The van der Waals surface area contributed by atoms with E-state index < -0.39 is 11.7 Å². The first-order valence-corrected chi connectivity index (χ1v) is 11.5. The molecule has 1 fully saturated rings. The molecule has 0 aliphatic heterocycles. The molecule has 33 heavy (non-hydrogen) atoms. The van der Waals surface area contributed by atoms with Crippen molar-refractivity contribution in [1.29, 1.82) is 0 Å². The van der Waals surface area contributed by atoms with Gasteiger partial charge in [0.2, 0.25) is 5.95 Å². The quantitative estimate of drug-likeness (QED) is 0.394. The van der Waals surface area contributed by atoms with Gasteiger partial charge < -0.3 is 10.6 Å². The lowest BCUT2D eigenvalue weighted by molar-refractivity contribution is -0.137. The fourth-order valence-electron chi connectivity index (χ4n) is 4.39. The monoisotopic (exact) mass is 454 g/mol. The van der Waals surface area contributed by atoms with E-state index in [0.29, 0.717) is 11.6 Å². The van der Waals surface area contributed by atoms with Crippen molar-refractivity contribution < 1.29 is 13.2 Å². The number of benzene rings is 2. The van der Waals surface area contributed by atoms with Crippen LogP contribution in [0.4, 0.5) is 36.3 Å². The molecule has 0 atom stereocenters. The van der Waals surface area contributed by atoms with E-state index in [1.807, 2.05) is 38.1 Å². The zero-order valence-electron chi connectivity index (χ0n) is 18.9. The lowest BCUT2D eigenvalue weighted by atomic mass is 9.84. The van der Waals surface area contributed by atoms with Gasteiger partial charge in [-0.1, -0.05) is 63.4 Å². The van der Waals surface area contributed by atoms with Crippen LogP contribution in [0.25, 0.3) is 0 Å². The minimum atomic E-state index is -4.57. The highest BCUT2D eigenvalue weighted by molar-refractivity contribution is 5.66. The fourth-order valence-corrected chi connectivity index (χ4v) is 4.39. The van der Waals surface area contributed by atoms with Crippen LogP contribution < -0.4 is 10.6 Å². The Kier molecular flexibility index (Phi) is 6.86. The van der Waals surface area contributed by atoms with Crippen LogP contribution in [0.3, 0.4) is 0 Å². The van der Waals surface area contributed by atoms with Crippen LogP contribution in [-0.2, 0) is 6.18 Å². The van der Waals surface area contributed by atoms with Gasteiger partial charge in [0.25, 0.3) is 0 Å². The number of alkyl halides is 3. The van der Waals surface area contributed by atoms with Crippen LogP contribution in [0, 0.1) is 0 Å². The predicted molar refractivity (Wildman–Crippen MR) is 126 cm³/mol. The first-order chi connectivity index (χ1) is 15.8. The molecule has 0 bridgehead atoms. The number of nitrogens with zero attached hydrogens (tertiary/aromatic N) is 2. The van der Waals surface area contributed by atoms with E-state index in [2.05, 4.69) is 32.7 Å². The third kappa shape index (κ3) is 5.64. The van der Waals surface area contributed by atoms with Gasteiger partial charge in [0.15, 0.2) is 0 Å². The first kappa shape index (κ1) is 23.1. The van der Waals surface area contributed by atoms with Gasteiger partial charge in [0.05, 0.1) is 0 Å². The normalized spacial score (nSPS) is 15.0. The maximum Gasteiger partial charge on any atom is 0.421 e. The molecular weight excluding hydrogens is 425 g/mol. The topological polar surface area (TPSA) is 49.8 Å². The molecule has 1 aliphatic carbocycles. The molecule has 0 unspecified atom stereocenters. The molecular formula is C26H29F3N4. The van der Waals surface area contributed by atoms with Gasteiger partial charge in [-0.15, -0.1) is 0 Å². The van der Waals surface area contributed by atoms with Crippen molar-refractivity contribution in [2.75, 3.05) is 10.6 Å². The smallest absolute Gasteiger partial charge is 0.339 e. The molecule has 0 amide bonds. The van der Waals surface area contributed by atoms with Crippen LogP contribution in [0.2, 0.25) is 0 Å². The molecule has 1 saturated carbocycles. The summed E-state index contributed by atoms with van der Waals surface area (Å²) in [4.78, 5) is 8.12. The van der Waals surface area contributed by atoms with Crippen molar-refractivity contribution in [3.8, 4) is 0 Å². The molecule has 174 valence electrons. The number of hydrogen-bond acceptors (Lipinski definition) is 4. The summed E-state index contributed by atoms with van der Waals surface area (Å²) in [5, 5.41) is 5.94. The molecule has 1 aliphatic rings. The summed E-state index contributed by atoms with van der Waals surface area (Å²) < 4.78 is 40.9. The van der Waals surface area contributed by atoms with Gasteiger partial charge in [0.1, 0.15) is 11.4 Å². The second kappa shape index (κ2) is 9.81. The third-order valence-electron chi connectivity index (χ3n) is 6.17. The van der Waals surface area contributed by atoms with Crippen LogP contribution in [0.15, 0.2) is 54.7 Å². The molecule has 0 spiro atoms. The van der Waals surface area contributed by atoms with E-state index in [1.54, 1.807) is 12.1 Å². The zero-order chi connectivity index (χ0) is 23.4. The maximum absolute atomic E-state index is 13.6. The number of anilines is 4. The minimum Gasteiger partial charge on any atom is -0.339 e. The average Bonchev–Trinajstić information content (AvgIpc) is 2.80. The summed E-state index contributed by atoms with van der Waals surface area (Å²) in [5.74, 6) is 0.571. The summed E-state index contributed by atoms with van der Waals surface area (Å²) >= 11 is 0. The van der Waals surface area contributed by atoms with Gasteiger partial charge in [-0.3, -0.25) is 0 Å². The number of para-hydroxylation sites is 1. The fraction of sp³-hybridized carbons (Fsp3) is 0.385. The Balaban J connectivity index is 1.58. The molecule has 4 rings (SSSR count). The molecule has 3 aromatic rings. The van der Waals surface area contributed by atoms with E-state index in [0.717, 1.165) is 17.4 Å². The van der Waals surface area contributed by atoms with Gasteiger partial charge in [0, 0.05) is 17.6 Å². The third-order valence-corrected chi connectivity index (χ3v) is 6.17. The molecule has 1 heterocycles. The van der Waals surface area contributed by atoms with Crippen molar-refractivity contribution >= 4 is 23.1 Å². The predicted octanol–water partition coefficient (Wildman–Crippen LogP) is 8.15. The second-order valence-corrected chi connectivity index (χ2v) is 8.90. The van der Waals surface area contributed by atoms with Crippen molar-refractivity contribution in [3.05, 3.63) is 71.4 Å². The number of nitrogens with one attached hydrogen (secondary N) is 2. The largest absolute Gasteiger partial charge is 0.421 e. The van der Waals surface area contributed by atoms with Gasteiger partial charge in [-0.25, -0.2) is 4.98 Å². The van der Waals surface area contributed by atoms with Crippen molar-refractivity contribution in [1.82, 2.24) is 9.97 Å². The highest BCUT2D eigenvalue weighted by atomic mass is 19.4. The number of aromatic nitrogens is 2. The average molecular weight is 455 g/mol. The Bertz CT molecular complexity index is 1070. The van der Waals surface area contributed by atoms with Crippen LogP contribution in [0.5, 0.6) is 0 Å². The molecule has 2 N–H and O–H groups in total. The zero-order valence-corrected chi connectivity index (χ0v) is 18.9. The van der Waals surface area contributed by atoms with E-state index in [4.69, 9.17) is 0 Å². The van der Waals surface area contributed by atoms with E-state index in [9.17, 15) is 13.2 Å². The number of hydrogen-bond donors (Lipinski definition) is 2. The highest BCUT2D eigenvalue weighted by Crippen LogP contribution is 2.37. The molecule has 7 heteroatoms. The first-order valence-electron chi connectivity index (χ1n) is 11.5. The molecule has 1 aromatic heterocycles. The molecule has 0 saturated heterocycles. The van der Waals surface area contributed by atoms with Crippen molar-refractivity contribution in [3.63, 3.8) is 0 Å². The summed E-state index contributed by atoms with van der Waals surface area (Å²) in [6.45, 7) is 3.99. The van der Waals surface area contributed by atoms with E-state index >= 15 is 0 Å². The van der Waals surface area contributed by atoms with Gasteiger partial charge in [-0.2, -0.15) is 18.2 Å². The highest BCUT2D eigenvalue weighted by Gasteiger charge is 2.35. The Morgan fingerprint density at radius 3 is 2.27 bits per heavy atom.